The average Bonchev–Trinajstić information content (AvgIpc) is 3.07. The Labute approximate surface area is 121 Å². The van der Waals surface area contributed by atoms with Crippen LogP contribution in [0, 0.1) is 0 Å². The molecule has 1 aliphatic heterocycles. The SMILES string of the molecule is c1ccc(CN2CCCC23CCc2ccccc23)cc1. The zero-order valence-corrected chi connectivity index (χ0v) is 11.9. The minimum absolute atomic E-state index is 0.326. The Morgan fingerprint density at radius 2 is 1.70 bits per heavy atom. The Morgan fingerprint density at radius 3 is 2.60 bits per heavy atom. The zero-order chi connectivity index (χ0) is 13.4. The summed E-state index contributed by atoms with van der Waals surface area (Å²) in [6.07, 6.45) is 5.22. The molecule has 0 N–H and O–H groups in total. The van der Waals surface area contributed by atoms with Gasteiger partial charge in [-0.3, -0.25) is 4.90 Å². The molecular formula is C19H21N. The van der Waals surface area contributed by atoms with E-state index in [-0.39, 0.29) is 0 Å². The van der Waals surface area contributed by atoms with Gasteiger partial charge >= 0.3 is 0 Å². The number of fused-ring (bicyclic) bond motifs is 2. The summed E-state index contributed by atoms with van der Waals surface area (Å²) in [5, 5.41) is 0. The third kappa shape index (κ3) is 1.81. The van der Waals surface area contributed by atoms with Crippen LogP contribution in [0.5, 0.6) is 0 Å². The molecular weight excluding hydrogens is 242 g/mol. The lowest BCUT2D eigenvalue weighted by Crippen LogP contribution is -2.38. The molecule has 1 saturated heterocycles. The van der Waals surface area contributed by atoms with Crippen LogP contribution in [0.25, 0.3) is 0 Å². The predicted octanol–water partition coefficient (Wildman–Crippen LogP) is 4.12. The minimum atomic E-state index is 0.326. The van der Waals surface area contributed by atoms with E-state index in [9.17, 15) is 0 Å². The fourth-order valence-corrected chi connectivity index (χ4v) is 4.23. The van der Waals surface area contributed by atoms with E-state index in [4.69, 9.17) is 0 Å². The molecule has 2 aromatic rings. The van der Waals surface area contributed by atoms with Crippen LogP contribution in [0.1, 0.15) is 36.0 Å². The third-order valence-electron chi connectivity index (χ3n) is 5.17. The van der Waals surface area contributed by atoms with Crippen molar-refractivity contribution in [3.63, 3.8) is 0 Å². The standard InChI is InChI=1S/C19H21N/c1-2-7-16(8-3-1)15-20-14-6-12-19(20)13-11-17-9-4-5-10-18(17)19/h1-5,7-10H,6,11-15H2. The van der Waals surface area contributed by atoms with Gasteiger partial charge < -0.3 is 0 Å². The first-order valence-electron chi connectivity index (χ1n) is 7.76. The lowest BCUT2D eigenvalue weighted by atomic mass is 9.88. The summed E-state index contributed by atoms with van der Waals surface area (Å²) in [5.41, 5.74) is 4.95. The molecule has 1 aliphatic carbocycles. The van der Waals surface area contributed by atoms with Crippen molar-refractivity contribution >= 4 is 0 Å². The van der Waals surface area contributed by atoms with Gasteiger partial charge in [-0.25, -0.2) is 0 Å². The molecule has 0 bridgehead atoms. The Balaban J connectivity index is 1.68. The summed E-state index contributed by atoms with van der Waals surface area (Å²) >= 11 is 0. The van der Waals surface area contributed by atoms with Crippen molar-refractivity contribution in [3.05, 3.63) is 71.3 Å². The molecule has 1 fully saturated rings. The van der Waals surface area contributed by atoms with E-state index in [1.165, 1.54) is 37.8 Å². The maximum atomic E-state index is 2.73. The number of aryl methyl sites for hydroxylation is 1. The van der Waals surface area contributed by atoms with Gasteiger partial charge in [0.1, 0.15) is 0 Å². The molecule has 1 atom stereocenters. The van der Waals surface area contributed by atoms with E-state index in [2.05, 4.69) is 59.5 Å². The fraction of sp³-hybridized carbons (Fsp3) is 0.368. The second-order valence-corrected chi connectivity index (χ2v) is 6.20. The highest BCUT2D eigenvalue weighted by molar-refractivity contribution is 5.39. The van der Waals surface area contributed by atoms with Crippen molar-refractivity contribution in [1.29, 1.82) is 0 Å². The number of rotatable bonds is 2. The van der Waals surface area contributed by atoms with Gasteiger partial charge in [0.25, 0.3) is 0 Å². The highest BCUT2D eigenvalue weighted by Crippen LogP contribution is 2.48. The first-order valence-corrected chi connectivity index (χ1v) is 7.76. The van der Waals surface area contributed by atoms with Crippen molar-refractivity contribution in [2.75, 3.05) is 6.54 Å². The summed E-state index contributed by atoms with van der Waals surface area (Å²) in [6.45, 7) is 2.33. The third-order valence-corrected chi connectivity index (χ3v) is 5.17. The van der Waals surface area contributed by atoms with E-state index in [0.29, 0.717) is 5.54 Å². The second-order valence-electron chi connectivity index (χ2n) is 6.20. The highest BCUT2D eigenvalue weighted by atomic mass is 15.2. The van der Waals surface area contributed by atoms with Gasteiger partial charge in [-0.1, -0.05) is 54.6 Å². The summed E-state index contributed by atoms with van der Waals surface area (Å²) in [4.78, 5) is 2.73. The quantitative estimate of drug-likeness (QED) is 0.787. The van der Waals surface area contributed by atoms with Crippen molar-refractivity contribution < 1.29 is 0 Å². The lowest BCUT2D eigenvalue weighted by molar-refractivity contribution is 0.129. The first kappa shape index (κ1) is 12.2. The van der Waals surface area contributed by atoms with Crippen molar-refractivity contribution in [3.8, 4) is 0 Å². The number of benzene rings is 2. The Morgan fingerprint density at radius 1 is 0.900 bits per heavy atom. The molecule has 0 saturated carbocycles. The lowest BCUT2D eigenvalue weighted by Gasteiger charge is -2.36. The van der Waals surface area contributed by atoms with Crippen LogP contribution in [0.4, 0.5) is 0 Å². The number of hydrogen-bond acceptors (Lipinski definition) is 1. The van der Waals surface area contributed by atoms with Gasteiger partial charge in [0.15, 0.2) is 0 Å². The van der Waals surface area contributed by atoms with E-state index in [1.807, 2.05) is 0 Å². The second kappa shape index (κ2) is 4.75. The maximum Gasteiger partial charge on any atom is 0.0470 e. The molecule has 1 heteroatoms. The summed E-state index contributed by atoms with van der Waals surface area (Å²) in [5.74, 6) is 0. The van der Waals surface area contributed by atoms with Crippen molar-refractivity contribution in [1.82, 2.24) is 4.90 Å². The zero-order valence-electron chi connectivity index (χ0n) is 11.9. The monoisotopic (exact) mass is 263 g/mol. The van der Waals surface area contributed by atoms with Gasteiger partial charge in [0, 0.05) is 12.1 Å². The van der Waals surface area contributed by atoms with Crippen LogP contribution < -0.4 is 0 Å². The molecule has 1 spiro atoms. The molecule has 0 amide bonds. The normalized spacial score (nSPS) is 25.2. The molecule has 2 aromatic carbocycles. The molecule has 0 aromatic heterocycles. The molecule has 2 aliphatic rings. The molecule has 20 heavy (non-hydrogen) atoms. The van der Waals surface area contributed by atoms with Gasteiger partial charge in [0.2, 0.25) is 0 Å². The topological polar surface area (TPSA) is 3.24 Å². The van der Waals surface area contributed by atoms with Crippen molar-refractivity contribution in [2.24, 2.45) is 0 Å². The first-order chi connectivity index (χ1) is 9.88. The van der Waals surface area contributed by atoms with Gasteiger partial charge in [-0.2, -0.15) is 0 Å². The summed E-state index contributed by atoms with van der Waals surface area (Å²) < 4.78 is 0. The van der Waals surface area contributed by atoms with Crippen LogP contribution in [0.2, 0.25) is 0 Å². The molecule has 0 radical (unpaired) electrons. The van der Waals surface area contributed by atoms with Gasteiger partial charge in [-0.15, -0.1) is 0 Å². The number of hydrogen-bond donors (Lipinski definition) is 0. The van der Waals surface area contributed by atoms with Crippen LogP contribution in [-0.2, 0) is 18.5 Å². The van der Waals surface area contributed by atoms with Crippen LogP contribution in [0.3, 0.4) is 0 Å². The Hall–Kier alpha value is -1.60. The van der Waals surface area contributed by atoms with Gasteiger partial charge in [-0.05, 0) is 48.9 Å². The Kier molecular flexibility index (Phi) is 2.89. The van der Waals surface area contributed by atoms with E-state index >= 15 is 0 Å². The average molecular weight is 263 g/mol. The fourth-order valence-electron chi connectivity index (χ4n) is 4.23. The molecule has 4 rings (SSSR count). The van der Waals surface area contributed by atoms with Crippen molar-refractivity contribution in [2.45, 2.75) is 37.8 Å². The molecule has 1 unspecified atom stereocenters. The maximum absolute atomic E-state index is 2.73. The molecule has 102 valence electrons. The van der Waals surface area contributed by atoms with Gasteiger partial charge in [0.05, 0.1) is 0 Å². The predicted molar refractivity (Wildman–Crippen MR) is 82.5 cm³/mol. The number of nitrogens with zero attached hydrogens (tertiary/aromatic N) is 1. The van der Waals surface area contributed by atoms with E-state index in [0.717, 1.165) is 6.54 Å². The molecule has 1 nitrogen and oxygen atoms in total. The van der Waals surface area contributed by atoms with Crippen LogP contribution >= 0.6 is 0 Å². The van der Waals surface area contributed by atoms with Crippen LogP contribution in [-0.4, -0.2) is 11.4 Å². The minimum Gasteiger partial charge on any atom is -0.289 e. The summed E-state index contributed by atoms with van der Waals surface area (Å²) in [7, 11) is 0. The van der Waals surface area contributed by atoms with E-state index < -0.39 is 0 Å². The highest BCUT2D eigenvalue weighted by Gasteiger charge is 2.45. The number of likely N-dealkylation sites (tertiary alicyclic amines) is 1. The largest absolute Gasteiger partial charge is 0.289 e. The smallest absolute Gasteiger partial charge is 0.0470 e. The Bertz CT molecular complexity index is 604. The molecule has 1 heterocycles. The summed E-state index contributed by atoms with van der Waals surface area (Å²) in [6, 6.07) is 20.0. The van der Waals surface area contributed by atoms with Crippen LogP contribution in [0.15, 0.2) is 54.6 Å². The van der Waals surface area contributed by atoms with E-state index in [1.54, 1.807) is 11.1 Å².